The minimum absolute atomic E-state index is 0.0792. The Hall–Kier alpha value is -2.33. The summed E-state index contributed by atoms with van der Waals surface area (Å²) >= 11 is 4.67. The van der Waals surface area contributed by atoms with Gasteiger partial charge in [-0.2, -0.15) is 18.3 Å². The first-order valence-electron chi connectivity index (χ1n) is 8.81. The molecule has 0 radical (unpaired) electrons. The van der Waals surface area contributed by atoms with Crippen LogP contribution in [0.4, 0.5) is 19.0 Å². The normalized spacial score (nSPS) is 18.8. The molecule has 0 unspecified atom stereocenters. The Morgan fingerprint density at radius 3 is 2.69 bits per heavy atom. The predicted molar refractivity (Wildman–Crippen MR) is 108 cm³/mol. The Bertz CT molecular complexity index is 1000. The van der Waals surface area contributed by atoms with Gasteiger partial charge in [-0.25, -0.2) is 4.68 Å². The van der Waals surface area contributed by atoms with Gasteiger partial charge in [-0.05, 0) is 32.9 Å². The Labute approximate surface area is 177 Å². The molecule has 5 nitrogen and oxygen atoms in total. The van der Waals surface area contributed by atoms with E-state index in [2.05, 4.69) is 31.7 Å². The van der Waals surface area contributed by atoms with Crippen molar-refractivity contribution in [3.8, 4) is 0 Å². The van der Waals surface area contributed by atoms with Crippen LogP contribution in [0.15, 0.2) is 52.3 Å². The molecule has 29 heavy (non-hydrogen) atoms. The zero-order valence-corrected chi connectivity index (χ0v) is 17.3. The number of fused-ring (bicyclic) bond motifs is 1. The van der Waals surface area contributed by atoms with E-state index in [0.717, 1.165) is 15.1 Å². The fraction of sp³-hybridized carbons (Fsp3) is 0.263. The summed E-state index contributed by atoms with van der Waals surface area (Å²) in [6.07, 6.45) is -4.69. The van der Waals surface area contributed by atoms with Crippen molar-refractivity contribution < 1.29 is 18.0 Å². The molecule has 3 aromatic rings. The first kappa shape index (κ1) is 20.0. The number of nitrogens with one attached hydrogen (secondary N) is 2. The van der Waals surface area contributed by atoms with Crippen molar-refractivity contribution in [1.82, 2.24) is 15.1 Å². The highest BCUT2D eigenvalue weighted by atomic mass is 79.9. The van der Waals surface area contributed by atoms with E-state index in [-0.39, 0.29) is 29.0 Å². The van der Waals surface area contributed by atoms with E-state index in [1.807, 2.05) is 35.7 Å². The van der Waals surface area contributed by atoms with Gasteiger partial charge in [0.25, 0.3) is 5.91 Å². The molecule has 2 atom stereocenters. The predicted octanol–water partition coefficient (Wildman–Crippen LogP) is 5.30. The molecule has 1 aromatic carbocycles. The molecule has 2 N–H and O–H groups in total. The lowest BCUT2D eigenvalue weighted by Crippen LogP contribution is -2.35. The Kier molecular flexibility index (Phi) is 5.39. The van der Waals surface area contributed by atoms with Crippen molar-refractivity contribution in [3.05, 3.63) is 68.5 Å². The Morgan fingerprint density at radius 2 is 2.03 bits per heavy atom. The molecule has 1 aliphatic rings. The average Bonchev–Trinajstić information content (AvgIpc) is 3.34. The molecule has 3 heterocycles. The number of hydrogen-bond donors (Lipinski definition) is 2. The maximum Gasteiger partial charge on any atom is 0.410 e. The topological polar surface area (TPSA) is 59.0 Å². The summed E-state index contributed by atoms with van der Waals surface area (Å²) in [5.74, 6) is -0.389. The summed E-state index contributed by atoms with van der Waals surface area (Å²) in [7, 11) is 0. The van der Waals surface area contributed by atoms with Crippen molar-refractivity contribution in [3.63, 3.8) is 0 Å². The first-order chi connectivity index (χ1) is 13.8. The van der Waals surface area contributed by atoms with Crippen LogP contribution >= 0.6 is 27.3 Å². The third-order valence-corrected chi connectivity index (χ3v) is 6.43. The van der Waals surface area contributed by atoms with Gasteiger partial charge in [0.05, 0.1) is 10.5 Å². The van der Waals surface area contributed by atoms with E-state index in [1.165, 1.54) is 11.3 Å². The highest BCUT2D eigenvalue weighted by molar-refractivity contribution is 9.10. The highest BCUT2D eigenvalue weighted by Gasteiger charge is 2.47. The molecule has 0 spiro atoms. The molecular weight excluding hydrogens is 469 g/mol. The average molecular weight is 485 g/mol. The van der Waals surface area contributed by atoms with Crippen molar-refractivity contribution in [2.75, 3.05) is 5.32 Å². The van der Waals surface area contributed by atoms with Gasteiger partial charge in [0.2, 0.25) is 0 Å². The molecule has 4 rings (SSSR count). The lowest BCUT2D eigenvalue weighted by molar-refractivity contribution is -0.173. The molecule has 152 valence electrons. The van der Waals surface area contributed by atoms with Crippen molar-refractivity contribution >= 4 is 39.0 Å². The minimum atomic E-state index is -4.49. The van der Waals surface area contributed by atoms with Crippen molar-refractivity contribution in [2.24, 2.45) is 0 Å². The highest BCUT2D eigenvalue weighted by Crippen LogP contribution is 2.46. The number of hydrogen-bond acceptors (Lipinski definition) is 4. The number of halogens is 4. The lowest BCUT2D eigenvalue weighted by atomic mass is 10.0. The number of carbonyl (C=O) groups excluding carboxylic acids is 1. The lowest BCUT2D eigenvalue weighted by Gasteiger charge is -2.33. The molecule has 2 aromatic heterocycles. The Balaban J connectivity index is 1.63. The van der Waals surface area contributed by atoms with Crippen LogP contribution in [0, 0.1) is 0 Å². The fourth-order valence-corrected chi connectivity index (χ4v) is 4.62. The molecule has 1 amide bonds. The van der Waals surface area contributed by atoms with Gasteiger partial charge in [-0.1, -0.05) is 36.4 Å². The number of aromatic nitrogens is 2. The molecule has 0 saturated carbocycles. The number of carbonyl (C=O) groups is 1. The third kappa shape index (κ3) is 4.04. The maximum atomic E-state index is 13.7. The van der Waals surface area contributed by atoms with Gasteiger partial charge in [-0.15, -0.1) is 11.3 Å². The van der Waals surface area contributed by atoms with E-state index in [1.54, 1.807) is 12.1 Å². The smallest absolute Gasteiger partial charge is 0.362 e. The summed E-state index contributed by atoms with van der Waals surface area (Å²) in [6, 6.07) is 10.5. The van der Waals surface area contributed by atoms with Crippen LogP contribution in [0.5, 0.6) is 0 Å². The molecule has 1 aliphatic heterocycles. The van der Waals surface area contributed by atoms with E-state index in [9.17, 15) is 18.0 Å². The number of rotatable bonds is 4. The van der Waals surface area contributed by atoms with Crippen LogP contribution in [0.25, 0.3) is 0 Å². The number of nitrogens with zero attached hydrogens (tertiary/aromatic N) is 2. The van der Waals surface area contributed by atoms with Crippen molar-refractivity contribution in [1.29, 1.82) is 0 Å². The van der Waals surface area contributed by atoms with Crippen LogP contribution in [-0.2, 0) is 6.54 Å². The van der Waals surface area contributed by atoms with E-state index >= 15 is 0 Å². The van der Waals surface area contributed by atoms with Crippen LogP contribution in [0.2, 0.25) is 0 Å². The molecule has 0 bridgehead atoms. The maximum absolute atomic E-state index is 13.7. The molecule has 0 saturated heterocycles. The summed E-state index contributed by atoms with van der Waals surface area (Å²) in [5, 5.41) is 11.6. The Morgan fingerprint density at radius 1 is 1.28 bits per heavy atom. The first-order valence-corrected chi connectivity index (χ1v) is 10.5. The molecule has 0 aliphatic carbocycles. The largest absolute Gasteiger partial charge is 0.410 e. The van der Waals surface area contributed by atoms with Gasteiger partial charge in [0.15, 0.2) is 11.7 Å². The van der Waals surface area contributed by atoms with E-state index in [4.69, 9.17) is 0 Å². The number of thiophene rings is 1. The number of anilines is 1. The van der Waals surface area contributed by atoms with Crippen molar-refractivity contribution in [2.45, 2.75) is 31.2 Å². The second-order valence-corrected chi connectivity index (χ2v) is 8.40. The summed E-state index contributed by atoms with van der Waals surface area (Å²) < 4.78 is 42.3. The minimum Gasteiger partial charge on any atom is -0.362 e. The SMILES string of the molecule is O=C(NCc1ccccc1)c1nn2c(c1Br)N[C@@H](c1cccs1)C[C@@H]2C(F)(F)F. The molecular formula is C19H16BrF3N4OS. The third-order valence-electron chi connectivity index (χ3n) is 4.69. The fourth-order valence-electron chi connectivity index (χ4n) is 3.27. The summed E-state index contributed by atoms with van der Waals surface area (Å²) in [4.78, 5) is 13.4. The second-order valence-electron chi connectivity index (χ2n) is 6.63. The monoisotopic (exact) mass is 484 g/mol. The van der Waals surface area contributed by atoms with E-state index < -0.39 is 24.2 Å². The van der Waals surface area contributed by atoms with Crippen LogP contribution in [-0.4, -0.2) is 21.9 Å². The van der Waals surface area contributed by atoms with Gasteiger partial charge < -0.3 is 10.6 Å². The van der Waals surface area contributed by atoms with Crippen LogP contribution in [0.1, 0.15) is 39.4 Å². The second kappa shape index (κ2) is 7.83. The van der Waals surface area contributed by atoms with E-state index in [0.29, 0.717) is 0 Å². The molecule has 0 fully saturated rings. The van der Waals surface area contributed by atoms with Gasteiger partial charge in [0, 0.05) is 17.8 Å². The standard InChI is InChI=1S/C19H16BrF3N4OS/c20-15-16(18(28)24-10-11-5-2-1-3-6-11)26-27-14(19(21,22)23)9-12(25-17(15)27)13-7-4-8-29-13/h1-8,12,14,25H,9-10H2,(H,24,28)/t12-,14-/m1/s1. The molecule has 10 heteroatoms. The van der Waals surface area contributed by atoms with Gasteiger partial charge in [0.1, 0.15) is 5.82 Å². The van der Waals surface area contributed by atoms with Crippen LogP contribution < -0.4 is 10.6 Å². The van der Waals surface area contributed by atoms with Gasteiger partial charge >= 0.3 is 6.18 Å². The summed E-state index contributed by atoms with van der Waals surface area (Å²) in [5.41, 5.74) is 0.800. The number of alkyl halides is 3. The number of amides is 1. The zero-order valence-electron chi connectivity index (χ0n) is 14.9. The quantitative estimate of drug-likeness (QED) is 0.528. The number of benzene rings is 1. The van der Waals surface area contributed by atoms with Crippen LogP contribution in [0.3, 0.4) is 0 Å². The zero-order chi connectivity index (χ0) is 20.6. The summed E-state index contributed by atoms with van der Waals surface area (Å²) in [6.45, 7) is 0.252. The van der Waals surface area contributed by atoms with Gasteiger partial charge in [-0.3, -0.25) is 4.79 Å².